The maximum Gasteiger partial charge on any atom is 0.253 e. The number of nitrogens with one attached hydrogen (secondary N) is 1. The Morgan fingerprint density at radius 2 is 1.79 bits per heavy atom. The van der Waals surface area contributed by atoms with E-state index in [4.69, 9.17) is 5.73 Å². The van der Waals surface area contributed by atoms with Gasteiger partial charge in [-0.1, -0.05) is 0 Å². The molecule has 1 fully saturated rings. The van der Waals surface area contributed by atoms with Crippen molar-refractivity contribution < 1.29 is 9.18 Å². The van der Waals surface area contributed by atoms with E-state index in [0.29, 0.717) is 5.56 Å². The maximum atomic E-state index is 13.1. The summed E-state index contributed by atoms with van der Waals surface area (Å²) >= 11 is 0. The predicted octanol–water partition coefficient (Wildman–Crippen LogP) is 3.23. The van der Waals surface area contributed by atoms with Gasteiger partial charge in [0.2, 0.25) is 0 Å². The van der Waals surface area contributed by atoms with Crippen molar-refractivity contribution in [1.82, 2.24) is 9.88 Å². The molecule has 0 unspecified atom stereocenters. The van der Waals surface area contributed by atoms with Crippen LogP contribution in [0.15, 0.2) is 30.3 Å². The second kappa shape index (κ2) is 6.77. The zero-order valence-corrected chi connectivity index (χ0v) is 14.2. The summed E-state index contributed by atoms with van der Waals surface area (Å²) in [5.74, 6) is -0.313. The summed E-state index contributed by atoms with van der Waals surface area (Å²) < 4.78 is 15.1. The standard InChI is InChI=1S/C19H24FN3O/c1-12-11-18(19(24)22-16-7-5-15(21)6-8-16)13(2)23(12)17-9-3-14(20)4-10-17/h3-4,9-11,15-16H,5-8,21H2,1-2H3,(H,22,24). The Labute approximate surface area is 141 Å². The number of hydrogen-bond acceptors (Lipinski definition) is 2. The van der Waals surface area contributed by atoms with Crippen molar-refractivity contribution in [3.05, 3.63) is 53.1 Å². The molecule has 3 N–H and O–H groups in total. The zero-order valence-electron chi connectivity index (χ0n) is 14.2. The van der Waals surface area contributed by atoms with E-state index in [1.54, 1.807) is 12.1 Å². The molecule has 1 aromatic carbocycles. The molecule has 1 aromatic heterocycles. The van der Waals surface area contributed by atoms with Gasteiger partial charge in [0.25, 0.3) is 5.91 Å². The minimum Gasteiger partial charge on any atom is -0.349 e. The molecule has 0 atom stereocenters. The molecular formula is C19H24FN3O. The minimum atomic E-state index is -0.269. The molecule has 1 heterocycles. The molecule has 2 aromatic rings. The smallest absolute Gasteiger partial charge is 0.253 e. The van der Waals surface area contributed by atoms with Crippen molar-refractivity contribution >= 4 is 5.91 Å². The van der Waals surface area contributed by atoms with E-state index in [9.17, 15) is 9.18 Å². The van der Waals surface area contributed by atoms with Crippen LogP contribution in [0.25, 0.3) is 5.69 Å². The third-order valence-corrected chi connectivity index (χ3v) is 4.87. The van der Waals surface area contributed by atoms with Gasteiger partial charge in [0.15, 0.2) is 0 Å². The summed E-state index contributed by atoms with van der Waals surface area (Å²) in [4.78, 5) is 12.7. The van der Waals surface area contributed by atoms with Crippen LogP contribution in [0.1, 0.15) is 47.4 Å². The first-order valence-electron chi connectivity index (χ1n) is 8.47. The van der Waals surface area contributed by atoms with Crippen LogP contribution in [-0.2, 0) is 0 Å². The summed E-state index contributed by atoms with van der Waals surface area (Å²) in [7, 11) is 0. The van der Waals surface area contributed by atoms with Gasteiger partial charge < -0.3 is 15.6 Å². The normalized spacial score (nSPS) is 20.8. The van der Waals surface area contributed by atoms with Crippen LogP contribution in [0.4, 0.5) is 4.39 Å². The number of hydrogen-bond donors (Lipinski definition) is 2. The first kappa shape index (κ1) is 16.7. The quantitative estimate of drug-likeness (QED) is 0.908. The van der Waals surface area contributed by atoms with Gasteiger partial charge in [-0.3, -0.25) is 4.79 Å². The van der Waals surface area contributed by atoms with E-state index in [1.165, 1.54) is 12.1 Å². The Bertz CT molecular complexity index is 728. The summed E-state index contributed by atoms with van der Waals surface area (Å²) in [6, 6.07) is 8.66. The zero-order chi connectivity index (χ0) is 17.3. The van der Waals surface area contributed by atoms with Gasteiger partial charge in [0.1, 0.15) is 5.82 Å². The van der Waals surface area contributed by atoms with E-state index in [2.05, 4.69) is 5.32 Å². The average Bonchev–Trinajstić information content (AvgIpc) is 2.85. The van der Waals surface area contributed by atoms with Crippen molar-refractivity contribution in [2.24, 2.45) is 5.73 Å². The molecule has 24 heavy (non-hydrogen) atoms. The fraction of sp³-hybridized carbons (Fsp3) is 0.421. The lowest BCUT2D eigenvalue weighted by molar-refractivity contribution is 0.0925. The molecule has 0 saturated heterocycles. The number of carbonyl (C=O) groups excluding carboxylic acids is 1. The Hall–Kier alpha value is -2.14. The van der Waals surface area contributed by atoms with Gasteiger partial charge in [-0.2, -0.15) is 0 Å². The van der Waals surface area contributed by atoms with Gasteiger partial charge in [-0.05, 0) is 69.9 Å². The molecule has 0 spiro atoms. The molecule has 1 aliphatic rings. The number of aryl methyl sites for hydroxylation is 1. The van der Waals surface area contributed by atoms with Crippen LogP contribution < -0.4 is 11.1 Å². The highest BCUT2D eigenvalue weighted by Crippen LogP contribution is 2.22. The largest absolute Gasteiger partial charge is 0.349 e. The van der Waals surface area contributed by atoms with E-state index in [-0.39, 0.29) is 23.8 Å². The highest BCUT2D eigenvalue weighted by atomic mass is 19.1. The van der Waals surface area contributed by atoms with Gasteiger partial charge in [0, 0.05) is 29.2 Å². The number of rotatable bonds is 3. The molecule has 128 valence electrons. The number of halogens is 1. The molecule has 4 nitrogen and oxygen atoms in total. The Morgan fingerprint density at radius 1 is 1.17 bits per heavy atom. The summed E-state index contributed by atoms with van der Waals surface area (Å²) in [6.45, 7) is 3.87. The molecule has 0 bridgehead atoms. The van der Waals surface area contributed by atoms with Gasteiger partial charge in [-0.25, -0.2) is 4.39 Å². The molecule has 0 aliphatic heterocycles. The monoisotopic (exact) mass is 329 g/mol. The average molecular weight is 329 g/mol. The second-order valence-electron chi connectivity index (χ2n) is 6.68. The second-order valence-corrected chi connectivity index (χ2v) is 6.68. The first-order valence-corrected chi connectivity index (χ1v) is 8.47. The lowest BCUT2D eigenvalue weighted by atomic mass is 9.91. The van der Waals surface area contributed by atoms with Crippen LogP contribution in [0.5, 0.6) is 0 Å². The Kier molecular flexibility index (Phi) is 4.71. The van der Waals surface area contributed by atoms with Crippen LogP contribution in [0.2, 0.25) is 0 Å². The van der Waals surface area contributed by atoms with Crippen molar-refractivity contribution in [3.8, 4) is 5.69 Å². The van der Waals surface area contributed by atoms with E-state index < -0.39 is 0 Å². The SMILES string of the molecule is Cc1cc(C(=O)NC2CCC(N)CC2)c(C)n1-c1ccc(F)cc1. The molecular weight excluding hydrogens is 305 g/mol. The molecule has 0 radical (unpaired) electrons. The van der Waals surface area contributed by atoms with Crippen molar-refractivity contribution in [3.63, 3.8) is 0 Å². The summed E-state index contributed by atoms with van der Waals surface area (Å²) in [5, 5.41) is 3.13. The first-order chi connectivity index (χ1) is 11.5. The summed E-state index contributed by atoms with van der Waals surface area (Å²) in [5.41, 5.74) is 9.27. The van der Waals surface area contributed by atoms with E-state index >= 15 is 0 Å². The lowest BCUT2D eigenvalue weighted by Gasteiger charge is -2.26. The predicted molar refractivity (Wildman–Crippen MR) is 92.9 cm³/mol. The molecule has 1 saturated carbocycles. The van der Waals surface area contributed by atoms with Crippen LogP contribution in [0.3, 0.4) is 0 Å². The number of nitrogens with two attached hydrogens (primary N) is 1. The topological polar surface area (TPSA) is 60.1 Å². The highest BCUT2D eigenvalue weighted by molar-refractivity contribution is 5.96. The van der Waals surface area contributed by atoms with Crippen molar-refractivity contribution in [1.29, 1.82) is 0 Å². The lowest BCUT2D eigenvalue weighted by Crippen LogP contribution is -2.40. The number of nitrogens with zero attached hydrogens (tertiary/aromatic N) is 1. The number of amides is 1. The van der Waals surface area contributed by atoms with E-state index in [1.807, 2.05) is 24.5 Å². The fourth-order valence-electron chi connectivity index (χ4n) is 3.51. The third-order valence-electron chi connectivity index (χ3n) is 4.87. The van der Waals surface area contributed by atoms with Crippen molar-refractivity contribution in [2.45, 2.75) is 51.6 Å². The molecule has 3 rings (SSSR count). The Morgan fingerprint density at radius 3 is 2.42 bits per heavy atom. The van der Waals surface area contributed by atoms with Gasteiger partial charge >= 0.3 is 0 Å². The third kappa shape index (κ3) is 3.36. The maximum absolute atomic E-state index is 13.1. The van der Waals surface area contributed by atoms with Gasteiger partial charge in [-0.15, -0.1) is 0 Å². The van der Waals surface area contributed by atoms with E-state index in [0.717, 1.165) is 42.8 Å². The summed E-state index contributed by atoms with van der Waals surface area (Å²) in [6.07, 6.45) is 3.78. The molecule has 1 aliphatic carbocycles. The molecule has 5 heteroatoms. The van der Waals surface area contributed by atoms with Crippen LogP contribution in [0, 0.1) is 19.7 Å². The van der Waals surface area contributed by atoms with Gasteiger partial charge in [0.05, 0.1) is 5.56 Å². The highest BCUT2D eigenvalue weighted by Gasteiger charge is 2.23. The fourth-order valence-corrected chi connectivity index (χ4v) is 3.51. The minimum absolute atomic E-state index is 0.0445. The van der Waals surface area contributed by atoms with Crippen molar-refractivity contribution in [2.75, 3.05) is 0 Å². The van der Waals surface area contributed by atoms with Crippen LogP contribution in [-0.4, -0.2) is 22.6 Å². The van der Waals surface area contributed by atoms with Crippen LogP contribution >= 0.6 is 0 Å². The molecule has 1 amide bonds. The number of aromatic nitrogens is 1. The number of carbonyl (C=O) groups is 1. The number of benzene rings is 1. The Balaban J connectivity index is 1.80.